The van der Waals surface area contributed by atoms with Crippen LogP contribution in [0.1, 0.15) is 53.0 Å². The van der Waals surface area contributed by atoms with Crippen LogP contribution < -0.4 is 10.6 Å². The van der Waals surface area contributed by atoms with Gasteiger partial charge in [-0.1, -0.05) is 37.6 Å². The van der Waals surface area contributed by atoms with Crippen molar-refractivity contribution in [1.82, 2.24) is 10.6 Å². The number of carbonyl (C=O) groups excluding carboxylic acids is 1. The summed E-state index contributed by atoms with van der Waals surface area (Å²) in [6.07, 6.45) is 1.29. The fourth-order valence-electron chi connectivity index (χ4n) is 5.83. The molecule has 4 aliphatic rings. The molecule has 0 radical (unpaired) electrons. The second kappa shape index (κ2) is 7.92. The number of halogens is 1. The van der Waals surface area contributed by atoms with E-state index in [0.717, 1.165) is 18.4 Å². The van der Waals surface area contributed by atoms with E-state index in [2.05, 4.69) is 31.4 Å². The molecule has 32 heavy (non-hydrogen) atoms. The number of benzene rings is 1. The summed E-state index contributed by atoms with van der Waals surface area (Å²) in [5.74, 6) is 0.105. The summed E-state index contributed by atoms with van der Waals surface area (Å²) < 4.78 is 13.0. The fraction of sp³-hybridized carbons (Fsp3) is 0.652. The van der Waals surface area contributed by atoms with Gasteiger partial charge in [-0.15, -0.1) is 0 Å². The third kappa shape index (κ3) is 4.01. The second-order valence-electron chi connectivity index (χ2n) is 10.8. The van der Waals surface area contributed by atoms with Gasteiger partial charge in [0.05, 0.1) is 17.6 Å². The molecule has 5 atom stereocenters. The predicted octanol–water partition coefficient (Wildman–Crippen LogP) is 3.68. The highest BCUT2D eigenvalue weighted by atomic mass is 35.5. The van der Waals surface area contributed by atoms with Crippen LogP contribution in [0, 0.1) is 17.3 Å². The summed E-state index contributed by atoms with van der Waals surface area (Å²) in [4.78, 5) is 24.2. The topological polar surface area (TPSA) is 96.9 Å². The highest BCUT2D eigenvalue weighted by molar-refractivity contribution is 6.48. The molecule has 3 N–H and O–H groups in total. The average molecular weight is 463 g/mol. The van der Waals surface area contributed by atoms with E-state index in [1.54, 1.807) is 12.1 Å². The number of hydrogen-bond acceptors (Lipinski definition) is 4. The molecule has 3 aliphatic carbocycles. The van der Waals surface area contributed by atoms with Gasteiger partial charge < -0.3 is 25.0 Å². The highest BCUT2D eigenvalue weighted by Gasteiger charge is 2.68. The Kier molecular flexibility index (Phi) is 5.79. The lowest BCUT2D eigenvalue weighted by molar-refractivity contribution is -0.199. The molecular weight excluding hydrogens is 431 g/mol. The van der Waals surface area contributed by atoms with Crippen molar-refractivity contribution < 1.29 is 24.0 Å². The number of nitrogens with one attached hydrogen (secondary N) is 2. The van der Waals surface area contributed by atoms with Gasteiger partial charge in [0.2, 0.25) is 5.91 Å². The van der Waals surface area contributed by atoms with Crippen LogP contribution in [0.2, 0.25) is 5.02 Å². The molecule has 1 aliphatic heterocycles. The summed E-state index contributed by atoms with van der Waals surface area (Å²) in [7, 11) is -0.625. The molecule has 1 aromatic rings. The number of rotatable bonds is 6. The molecule has 4 fully saturated rings. The monoisotopic (exact) mass is 462 g/mol. The normalized spacial score (nSPS) is 31.3. The zero-order chi connectivity index (χ0) is 23.5. The van der Waals surface area contributed by atoms with Crippen LogP contribution in [0.4, 0.5) is 4.79 Å². The van der Waals surface area contributed by atoms with Crippen LogP contribution >= 0.6 is 11.6 Å². The van der Waals surface area contributed by atoms with E-state index in [4.69, 9.17) is 26.0 Å². The third-order valence-corrected chi connectivity index (χ3v) is 8.22. The Labute approximate surface area is 194 Å². The quantitative estimate of drug-likeness (QED) is 0.560. The minimum absolute atomic E-state index is 0.0148. The van der Waals surface area contributed by atoms with Crippen molar-refractivity contribution in [2.75, 3.05) is 0 Å². The largest absolute Gasteiger partial charge is 0.482 e. The first-order chi connectivity index (χ1) is 14.8. The minimum atomic E-state index is -1.30. The summed E-state index contributed by atoms with van der Waals surface area (Å²) >= 11 is 6.03. The van der Waals surface area contributed by atoms with Crippen LogP contribution in [0.3, 0.4) is 0 Å². The smallest absolute Gasteiger partial charge is 0.465 e. The molecule has 2 bridgehead atoms. The Morgan fingerprint density at radius 2 is 1.91 bits per heavy atom. The van der Waals surface area contributed by atoms with E-state index in [1.807, 2.05) is 12.1 Å². The van der Waals surface area contributed by atoms with Crippen molar-refractivity contribution in [1.29, 1.82) is 0 Å². The molecule has 7 nitrogen and oxygen atoms in total. The molecule has 2 amide bonds. The van der Waals surface area contributed by atoms with Crippen molar-refractivity contribution in [3.8, 4) is 0 Å². The van der Waals surface area contributed by atoms with Gasteiger partial charge in [0.15, 0.2) is 0 Å². The van der Waals surface area contributed by atoms with Gasteiger partial charge in [-0.2, -0.15) is 0 Å². The maximum atomic E-state index is 13.0. The van der Waals surface area contributed by atoms with E-state index >= 15 is 0 Å². The molecule has 3 saturated carbocycles. The lowest BCUT2D eigenvalue weighted by atomic mass is 9.43. The zero-order valence-electron chi connectivity index (χ0n) is 19.3. The summed E-state index contributed by atoms with van der Waals surface area (Å²) in [5, 5.41) is 15.0. The predicted molar refractivity (Wildman–Crippen MR) is 122 cm³/mol. The van der Waals surface area contributed by atoms with Gasteiger partial charge in [0.1, 0.15) is 5.54 Å². The molecule has 1 saturated heterocycles. The van der Waals surface area contributed by atoms with Crippen LogP contribution in [0.15, 0.2) is 24.3 Å². The van der Waals surface area contributed by atoms with E-state index in [0.29, 0.717) is 23.3 Å². The first-order valence-electron chi connectivity index (χ1n) is 11.2. The van der Waals surface area contributed by atoms with Gasteiger partial charge >= 0.3 is 13.2 Å². The van der Waals surface area contributed by atoms with E-state index in [-0.39, 0.29) is 11.5 Å². The van der Waals surface area contributed by atoms with E-state index in [1.165, 1.54) is 13.8 Å². The Bertz CT molecular complexity index is 908. The number of amides is 2. The average Bonchev–Trinajstić information content (AvgIpc) is 3.05. The van der Waals surface area contributed by atoms with Gasteiger partial charge in [0, 0.05) is 5.02 Å². The van der Waals surface area contributed by atoms with Crippen LogP contribution in [-0.2, 0) is 20.5 Å². The molecule has 0 aromatic heterocycles. The summed E-state index contributed by atoms with van der Waals surface area (Å²) in [6.45, 7) is 9.81. The lowest BCUT2D eigenvalue weighted by Gasteiger charge is -2.64. The van der Waals surface area contributed by atoms with E-state index < -0.39 is 36.2 Å². The molecule has 0 spiro atoms. The molecule has 1 unspecified atom stereocenters. The molecule has 174 valence electrons. The van der Waals surface area contributed by atoms with Crippen molar-refractivity contribution in [2.24, 2.45) is 17.3 Å². The summed E-state index contributed by atoms with van der Waals surface area (Å²) in [6, 6.07) is 7.43. The van der Waals surface area contributed by atoms with Crippen LogP contribution in [0.5, 0.6) is 0 Å². The van der Waals surface area contributed by atoms with Gasteiger partial charge in [0.25, 0.3) is 0 Å². The van der Waals surface area contributed by atoms with Gasteiger partial charge in [-0.05, 0) is 75.0 Å². The third-order valence-electron chi connectivity index (χ3n) is 7.97. The fourth-order valence-corrected chi connectivity index (χ4v) is 5.96. The minimum Gasteiger partial charge on any atom is -0.465 e. The van der Waals surface area contributed by atoms with Crippen molar-refractivity contribution in [3.05, 3.63) is 34.9 Å². The molecular formula is C23H32BClN2O5. The second-order valence-corrected chi connectivity index (χ2v) is 11.2. The SMILES string of the molecule is CC(C)(NC(=O)O)C(=O)N[C@@H](Cc1ccc(Cl)cc1)B1O[C@@H]2CC3C[C@@H](C3(C)C)[C@]2(C)O1. The Morgan fingerprint density at radius 1 is 1.25 bits per heavy atom. The first kappa shape index (κ1) is 23.4. The van der Waals surface area contributed by atoms with Crippen molar-refractivity contribution >= 4 is 30.7 Å². The summed E-state index contributed by atoms with van der Waals surface area (Å²) in [5.41, 5.74) is -0.518. The lowest BCUT2D eigenvalue weighted by Crippen LogP contribution is -2.65. The molecule has 1 heterocycles. The zero-order valence-corrected chi connectivity index (χ0v) is 20.0. The maximum absolute atomic E-state index is 13.0. The Hall–Kier alpha value is -1.77. The Morgan fingerprint density at radius 3 is 2.50 bits per heavy atom. The first-order valence-corrected chi connectivity index (χ1v) is 11.6. The Balaban J connectivity index is 1.56. The number of carboxylic acid groups (broad SMARTS) is 1. The highest BCUT2D eigenvalue weighted by Crippen LogP contribution is 2.65. The molecule has 1 aromatic carbocycles. The number of carbonyl (C=O) groups is 2. The van der Waals surface area contributed by atoms with E-state index in [9.17, 15) is 9.59 Å². The standard InChI is InChI=1S/C23H32BClN2O5/c1-21(2)14-11-16(21)23(5)17(12-14)31-24(32-23)18(10-13-6-8-15(25)9-7-13)26-19(28)22(3,4)27-20(29)30/h6-9,14,16-18,27H,10-12H2,1-5H3,(H,26,28)(H,29,30)/t14?,16-,17+,18-,23-/m0/s1. The van der Waals surface area contributed by atoms with Crippen LogP contribution in [0.25, 0.3) is 0 Å². The molecule has 5 rings (SSSR count). The van der Waals surface area contributed by atoms with Crippen LogP contribution in [-0.4, -0.2) is 47.4 Å². The maximum Gasteiger partial charge on any atom is 0.482 e. The number of hydrogen-bond donors (Lipinski definition) is 3. The van der Waals surface area contributed by atoms with Gasteiger partial charge in [-0.25, -0.2) is 4.79 Å². The molecule has 9 heteroatoms. The van der Waals surface area contributed by atoms with Crippen molar-refractivity contribution in [2.45, 2.75) is 77.1 Å². The van der Waals surface area contributed by atoms with Crippen molar-refractivity contribution in [3.63, 3.8) is 0 Å². The van der Waals surface area contributed by atoms with Gasteiger partial charge in [-0.3, -0.25) is 4.79 Å².